The minimum absolute atomic E-state index is 0. The number of pyridine rings is 1. The average molecular weight is 1150 g/mol. The first-order valence-corrected chi connectivity index (χ1v) is 23.9. The summed E-state index contributed by atoms with van der Waals surface area (Å²) in [5, 5.41) is 12.6. The summed E-state index contributed by atoms with van der Waals surface area (Å²) in [6.45, 7) is 5.79. The van der Waals surface area contributed by atoms with Gasteiger partial charge in [0.1, 0.15) is 11.6 Å². The maximum absolute atomic E-state index is 12.6. The molecule has 72 heavy (non-hydrogen) atoms. The number of nitrogens with zero attached hydrogens (tertiary/aromatic N) is 3. The SMILES string of the molecule is [2H]c1nc(-c2[c-]c(-c3cccc4c3nc(-c3cc(C(C)C)cc(C(C)C)c3O)n4-c3cc(-c4ccccc4)c(C([2H])([2H])[2H])cc3-c3ccc(C(C)(C)C)cc3)cc(C(C)(C)C)c2)c([2H])c(-c2c([2H])c([2H])c(C(C([2H])([2H])[2H])(C([2H])([2H])[2H])C([2H])([2H])[2H])c([2H])c2[2H])c1[2H].[Pt]. The molecular weight excluding hydrogens is 1060 g/mol. The van der Waals surface area contributed by atoms with Crippen molar-refractivity contribution in [2.75, 3.05) is 0 Å². The van der Waals surface area contributed by atoms with Crippen molar-refractivity contribution < 1.29 is 52.2 Å². The van der Waals surface area contributed by atoms with Gasteiger partial charge < -0.3 is 5.11 Å². The van der Waals surface area contributed by atoms with E-state index in [-0.39, 0.29) is 60.9 Å². The third-order valence-electron chi connectivity index (χ3n) is 13.0. The number of phenols is 1. The number of benzene rings is 7. The molecule has 370 valence electrons. The first-order chi connectivity index (χ1) is 41.4. The number of para-hydroxylation sites is 1. The van der Waals surface area contributed by atoms with Gasteiger partial charge in [-0.25, -0.2) is 4.98 Å². The standard InChI is InChI=1S/C67H70N3O.Pt/c1-41(2)48-37-55(42(3)4)63(71)58(38-48)64-69-62-54(49-34-50(36-53(35-49)67(12,13)14)59-39-47(31-32-68-59)44-23-27-51(28-24-44)65(6,7)8)21-18-22-60(62)70(64)61-40-56(45-19-16-15-17-20-45)43(5)33-57(61)46-25-29-52(30-26-46)66(9,10)11;/h15-33,35-42,71H,1-14H3;/q-1;/i5D3,6D3,7D3,8D3,23D,24D,27D,28D,31D,32D,39D;. The number of phenolic OH excluding ortho intramolecular Hbond substituents is 1. The van der Waals surface area contributed by atoms with Crippen LogP contribution in [0.1, 0.15) is 161 Å². The van der Waals surface area contributed by atoms with Gasteiger partial charge >= 0.3 is 0 Å². The van der Waals surface area contributed by atoms with Crippen LogP contribution in [0, 0.1) is 12.9 Å². The van der Waals surface area contributed by atoms with Crippen molar-refractivity contribution in [2.24, 2.45) is 0 Å². The zero-order valence-corrected chi connectivity index (χ0v) is 44.4. The molecule has 0 unspecified atom stereocenters. The number of hydrogen-bond acceptors (Lipinski definition) is 3. The van der Waals surface area contributed by atoms with E-state index in [9.17, 15) is 9.22 Å². The second-order valence-corrected chi connectivity index (χ2v) is 21.0. The number of hydrogen-bond donors (Lipinski definition) is 1. The van der Waals surface area contributed by atoms with E-state index in [0.29, 0.717) is 72.6 Å². The Bertz CT molecular complexity index is 4240. The van der Waals surface area contributed by atoms with Gasteiger partial charge in [-0.3, -0.25) is 9.55 Å². The van der Waals surface area contributed by atoms with E-state index < -0.39 is 97.4 Å². The van der Waals surface area contributed by atoms with Crippen LogP contribution < -0.4 is 0 Å². The summed E-state index contributed by atoms with van der Waals surface area (Å²) in [5.74, 6) is 0.162. The van der Waals surface area contributed by atoms with Gasteiger partial charge in [0.25, 0.3) is 0 Å². The fourth-order valence-corrected chi connectivity index (χ4v) is 8.85. The minimum Gasteiger partial charge on any atom is -0.507 e. The van der Waals surface area contributed by atoms with Crippen LogP contribution in [0.3, 0.4) is 0 Å². The van der Waals surface area contributed by atoms with Crippen molar-refractivity contribution in [3.05, 3.63) is 191 Å². The molecular formula is C67H70N3OPt-. The second-order valence-electron chi connectivity index (χ2n) is 21.0. The van der Waals surface area contributed by atoms with E-state index in [2.05, 4.69) is 45.7 Å². The van der Waals surface area contributed by atoms with Crippen LogP contribution in [0.5, 0.6) is 5.75 Å². The van der Waals surface area contributed by atoms with Crippen LogP contribution in [0.25, 0.3) is 83.9 Å². The Morgan fingerprint density at radius 3 is 1.92 bits per heavy atom. The quantitative estimate of drug-likeness (QED) is 0.147. The molecule has 9 rings (SSSR count). The zero-order chi connectivity index (χ0) is 66.8. The van der Waals surface area contributed by atoms with Gasteiger partial charge in [-0.2, -0.15) is 0 Å². The van der Waals surface area contributed by atoms with Crippen LogP contribution in [0.15, 0.2) is 152 Å². The fraction of sp³-hybridized carbons (Fsp3) is 0.284. The van der Waals surface area contributed by atoms with Crippen molar-refractivity contribution in [3.8, 4) is 78.6 Å². The Morgan fingerprint density at radius 2 is 1.28 bits per heavy atom. The van der Waals surface area contributed by atoms with E-state index in [1.807, 2.05) is 136 Å². The molecule has 0 radical (unpaired) electrons. The van der Waals surface area contributed by atoms with Gasteiger partial charge in [-0.1, -0.05) is 204 Å². The number of rotatable bonds is 9. The summed E-state index contributed by atoms with van der Waals surface area (Å²) in [4.78, 5) is 9.94. The summed E-state index contributed by atoms with van der Waals surface area (Å²) in [5.41, 5.74) is 0.509. The van der Waals surface area contributed by atoms with Crippen LogP contribution in [0.2, 0.25) is 0 Å². The summed E-state index contributed by atoms with van der Waals surface area (Å²) in [6, 6.07) is 30.7. The van der Waals surface area contributed by atoms with Gasteiger partial charge in [0.2, 0.25) is 0 Å². The molecule has 0 aliphatic rings. The van der Waals surface area contributed by atoms with Crippen LogP contribution in [-0.4, -0.2) is 19.6 Å². The van der Waals surface area contributed by atoms with E-state index >= 15 is 0 Å². The molecule has 0 saturated heterocycles. The molecule has 0 aliphatic heterocycles. The number of aromatic nitrogens is 3. The number of aromatic hydroxyl groups is 1. The smallest absolute Gasteiger partial charge is 0.148 e. The van der Waals surface area contributed by atoms with Crippen molar-refractivity contribution in [1.82, 2.24) is 14.5 Å². The topological polar surface area (TPSA) is 50.9 Å². The summed E-state index contributed by atoms with van der Waals surface area (Å²) in [6.07, 6.45) is -0.784. The summed E-state index contributed by atoms with van der Waals surface area (Å²) < 4.78 is 168. The Morgan fingerprint density at radius 1 is 0.597 bits per heavy atom. The average Bonchev–Trinajstić information content (AvgIpc) is 0.976. The van der Waals surface area contributed by atoms with Gasteiger partial charge in [0.15, 0.2) is 0 Å². The van der Waals surface area contributed by atoms with Gasteiger partial charge in [-0.05, 0) is 121 Å². The molecule has 5 heteroatoms. The predicted octanol–water partition coefficient (Wildman–Crippen LogP) is 18.4. The second kappa shape index (κ2) is 19.9. The molecule has 4 nitrogen and oxygen atoms in total. The first-order valence-electron chi connectivity index (χ1n) is 33.4. The Kier molecular flexibility index (Phi) is 9.04. The predicted molar refractivity (Wildman–Crippen MR) is 301 cm³/mol. The van der Waals surface area contributed by atoms with Crippen LogP contribution in [0.4, 0.5) is 0 Å². The molecule has 0 amide bonds. The third kappa shape index (κ3) is 10.3. The third-order valence-corrected chi connectivity index (χ3v) is 13.0. The molecule has 2 aromatic heterocycles. The minimum atomic E-state index is -3.96. The fourth-order valence-electron chi connectivity index (χ4n) is 8.85. The molecule has 0 bridgehead atoms. The molecule has 2 heterocycles. The molecule has 7 aromatic carbocycles. The number of fused-ring (bicyclic) bond motifs is 1. The van der Waals surface area contributed by atoms with Gasteiger partial charge in [0, 0.05) is 54.9 Å². The Balaban J connectivity index is 0.0000107. The largest absolute Gasteiger partial charge is 0.507 e. The normalized spacial score (nSPS) is 16.8. The van der Waals surface area contributed by atoms with Crippen molar-refractivity contribution in [2.45, 2.75) is 125 Å². The molecule has 0 aliphatic carbocycles. The molecule has 0 saturated carbocycles. The zero-order valence-electron chi connectivity index (χ0n) is 61.2. The van der Waals surface area contributed by atoms with Crippen LogP contribution >= 0.6 is 0 Å². The molecule has 1 N–H and O–H groups in total. The monoisotopic (exact) mass is 1150 g/mol. The summed E-state index contributed by atoms with van der Waals surface area (Å²) in [7, 11) is 0. The van der Waals surface area contributed by atoms with E-state index in [4.69, 9.17) is 26.9 Å². The Hall–Kier alpha value is -6.35. The van der Waals surface area contributed by atoms with E-state index in [1.165, 1.54) is 0 Å². The molecule has 0 atom stereocenters. The maximum Gasteiger partial charge on any atom is 0.148 e. The summed E-state index contributed by atoms with van der Waals surface area (Å²) >= 11 is 0. The van der Waals surface area contributed by atoms with Crippen LogP contribution in [-0.2, 0) is 37.3 Å². The van der Waals surface area contributed by atoms with Gasteiger partial charge in [0.05, 0.1) is 31.9 Å². The first kappa shape index (κ1) is 32.7. The van der Waals surface area contributed by atoms with E-state index in [0.717, 1.165) is 11.1 Å². The van der Waals surface area contributed by atoms with Crippen molar-refractivity contribution >= 4 is 11.0 Å². The van der Waals surface area contributed by atoms with Crippen molar-refractivity contribution in [3.63, 3.8) is 0 Å². The number of aryl methyl sites for hydroxylation is 1. The molecule has 9 aromatic rings. The molecule has 0 spiro atoms. The van der Waals surface area contributed by atoms with Crippen molar-refractivity contribution in [1.29, 1.82) is 0 Å². The number of imidazole rings is 1. The molecule has 0 fully saturated rings. The Labute approximate surface area is 470 Å². The maximum atomic E-state index is 12.6. The van der Waals surface area contributed by atoms with E-state index in [1.54, 1.807) is 12.1 Å². The van der Waals surface area contributed by atoms with Gasteiger partial charge in [-0.15, -0.1) is 29.3 Å².